The van der Waals surface area contributed by atoms with Gasteiger partial charge in [0, 0.05) is 6.54 Å². The first-order valence-electron chi connectivity index (χ1n) is 6.30. The number of aliphatic hydroxyl groups is 1. The summed E-state index contributed by atoms with van der Waals surface area (Å²) in [5.74, 6) is 0.866. The molecule has 0 saturated carbocycles. The van der Waals surface area contributed by atoms with Crippen LogP contribution in [0.1, 0.15) is 26.0 Å². The Morgan fingerprint density at radius 1 is 1.56 bits per heavy atom. The molecule has 0 amide bonds. The highest BCUT2D eigenvalue weighted by atomic mass is 35.5. The molecule has 0 bridgehead atoms. The fourth-order valence-electron chi connectivity index (χ4n) is 2.21. The van der Waals surface area contributed by atoms with Crippen LogP contribution in [0.25, 0.3) is 0 Å². The topological polar surface area (TPSA) is 45.6 Å². The van der Waals surface area contributed by atoms with Crippen molar-refractivity contribution in [1.29, 1.82) is 0 Å². The molecular weight excluding hydrogens is 252 g/mol. The molecule has 0 radical (unpaired) electrons. The van der Waals surface area contributed by atoms with E-state index < -0.39 is 0 Å². The average molecular weight is 271 g/mol. The van der Waals surface area contributed by atoms with E-state index in [0.29, 0.717) is 16.8 Å². The van der Waals surface area contributed by atoms with Gasteiger partial charge in [0.25, 0.3) is 0 Å². The molecule has 1 aromatic rings. The number of hydrogen-bond acceptors (Lipinski definition) is 4. The lowest BCUT2D eigenvalue weighted by Crippen LogP contribution is -2.49. The van der Waals surface area contributed by atoms with E-state index in [9.17, 15) is 5.11 Å². The summed E-state index contributed by atoms with van der Waals surface area (Å²) in [6, 6.07) is 4.03. The number of rotatable bonds is 3. The summed E-state index contributed by atoms with van der Waals surface area (Å²) in [5.41, 5.74) is 0.531. The second-order valence-corrected chi connectivity index (χ2v) is 5.02. The zero-order valence-corrected chi connectivity index (χ0v) is 11.5. The Morgan fingerprint density at radius 3 is 3.00 bits per heavy atom. The average Bonchev–Trinajstić information content (AvgIpc) is 2.39. The predicted octanol–water partition coefficient (Wildman–Crippen LogP) is 2.23. The van der Waals surface area contributed by atoms with Gasteiger partial charge in [-0.15, -0.1) is 0 Å². The molecule has 2 atom stereocenters. The van der Waals surface area contributed by atoms with Gasteiger partial charge in [-0.05, 0) is 25.5 Å². The monoisotopic (exact) mass is 270 g/mol. The lowest BCUT2D eigenvalue weighted by Gasteiger charge is -2.39. The molecule has 5 heteroatoms. The predicted molar refractivity (Wildman–Crippen MR) is 72.0 cm³/mol. The van der Waals surface area contributed by atoms with Crippen molar-refractivity contribution < 1.29 is 9.84 Å². The summed E-state index contributed by atoms with van der Waals surface area (Å²) < 4.78 is 5.67. The first-order chi connectivity index (χ1) is 8.65. The molecule has 2 heterocycles. The maximum Gasteiger partial charge on any atom is 0.129 e. The summed E-state index contributed by atoms with van der Waals surface area (Å²) >= 11 is 5.97. The number of aliphatic hydroxyl groups excluding tert-OH is 1. The molecular formula is C13H19ClN2O2. The minimum atomic E-state index is -0.136. The molecule has 1 N–H and O–H groups in total. The van der Waals surface area contributed by atoms with Crippen molar-refractivity contribution in [3.05, 3.63) is 22.8 Å². The molecule has 100 valence electrons. The summed E-state index contributed by atoms with van der Waals surface area (Å²) in [4.78, 5) is 6.68. The van der Waals surface area contributed by atoms with Gasteiger partial charge in [0.2, 0.25) is 0 Å². The molecule has 1 aliphatic heterocycles. The Kier molecular flexibility index (Phi) is 4.43. The molecule has 1 fully saturated rings. The molecule has 4 nitrogen and oxygen atoms in total. The van der Waals surface area contributed by atoms with Crippen LogP contribution in [0.5, 0.6) is 0 Å². The highest BCUT2D eigenvalue weighted by Gasteiger charge is 2.26. The van der Waals surface area contributed by atoms with Gasteiger partial charge in [0.1, 0.15) is 5.82 Å². The number of morpholine rings is 1. The first-order valence-corrected chi connectivity index (χ1v) is 6.68. The quantitative estimate of drug-likeness (QED) is 0.915. The third-order valence-electron chi connectivity index (χ3n) is 3.29. The van der Waals surface area contributed by atoms with E-state index in [0.717, 1.165) is 25.4 Å². The van der Waals surface area contributed by atoms with Crippen molar-refractivity contribution >= 4 is 17.4 Å². The van der Waals surface area contributed by atoms with Gasteiger partial charge in [0.05, 0.1) is 36.1 Å². The smallest absolute Gasteiger partial charge is 0.129 e. The molecule has 2 rings (SSSR count). The van der Waals surface area contributed by atoms with Crippen LogP contribution in [-0.4, -0.2) is 35.4 Å². The molecule has 0 spiro atoms. The molecule has 1 aliphatic rings. The number of pyridine rings is 1. The minimum Gasteiger partial charge on any atom is -0.390 e. The van der Waals surface area contributed by atoms with E-state index in [-0.39, 0.29) is 12.7 Å². The zero-order chi connectivity index (χ0) is 13.1. The summed E-state index contributed by atoms with van der Waals surface area (Å²) in [7, 11) is 0. The molecule has 1 aromatic heterocycles. The Morgan fingerprint density at radius 2 is 2.33 bits per heavy atom. The number of ether oxygens (including phenoxy) is 1. The number of nitrogens with zero attached hydrogens (tertiary/aromatic N) is 2. The highest BCUT2D eigenvalue weighted by Crippen LogP contribution is 2.24. The Hall–Kier alpha value is -0.840. The number of anilines is 1. The molecule has 2 unspecified atom stereocenters. The van der Waals surface area contributed by atoms with Crippen molar-refractivity contribution in [3.63, 3.8) is 0 Å². The number of aromatic nitrogens is 1. The molecule has 0 aromatic carbocycles. The molecule has 0 aliphatic carbocycles. The fourth-order valence-corrected chi connectivity index (χ4v) is 2.37. The van der Waals surface area contributed by atoms with Crippen LogP contribution in [0.3, 0.4) is 0 Å². The number of hydrogen-bond donors (Lipinski definition) is 1. The van der Waals surface area contributed by atoms with Crippen LogP contribution in [0.15, 0.2) is 12.1 Å². The van der Waals surface area contributed by atoms with Crippen molar-refractivity contribution in [2.45, 2.75) is 39.0 Å². The van der Waals surface area contributed by atoms with E-state index in [2.05, 4.69) is 23.7 Å². The third kappa shape index (κ3) is 2.76. The number of halogens is 1. The van der Waals surface area contributed by atoms with E-state index in [1.165, 1.54) is 0 Å². The minimum absolute atomic E-state index is 0.136. The maximum absolute atomic E-state index is 9.23. The second-order valence-electron chi connectivity index (χ2n) is 4.61. The van der Waals surface area contributed by atoms with Crippen molar-refractivity contribution in [2.24, 2.45) is 0 Å². The van der Waals surface area contributed by atoms with E-state index >= 15 is 0 Å². The van der Waals surface area contributed by atoms with Crippen LogP contribution >= 0.6 is 11.6 Å². The van der Waals surface area contributed by atoms with Gasteiger partial charge in [0.15, 0.2) is 0 Å². The molecule has 18 heavy (non-hydrogen) atoms. The van der Waals surface area contributed by atoms with Gasteiger partial charge in [-0.25, -0.2) is 4.98 Å². The third-order valence-corrected chi connectivity index (χ3v) is 3.63. The fraction of sp³-hybridized carbons (Fsp3) is 0.615. The van der Waals surface area contributed by atoms with Crippen LogP contribution in [0.2, 0.25) is 5.02 Å². The summed E-state index contributed by atoms with van der Waals surface area (Å²) in [5, 5.41) is 9.74. The molecule has 1 saturated heterocycles. The van der Waals surface area contributed by atoms with Crippen molar-refractivity contribution in [1.82, 2.24) is 4.98 Å². The Balaban J connectivity index is 2.27. The van der Waals surface area contributed by atoms with E-state index in [4.69, 9.17) is 16.3 Å². The largest absolute Gasteiger partial charge is 0.390 e. The summed E-state index contributed by atoms with van der Waals surface area (Å²) in [6.45, 7) is 5.60. The zero-order valence-electron chi connectivity index (χ0n) is 10.8. The standard InChI is InChI=1S/C13H19ClN2O2/c1-3-10-8-18-9(2)6-16(10)13-5-4-11(14)12(7-17)15-13/h4-5,9-10,17H,3,6-8H2,1-2H3. The maximum atomic E-state index is 9.23. The SMILES string of the molecule is CCC1COC(C)CN1c1ccc(Cl)c(CO)n1. The second kappa shape index (κ2) is 5.87. The van der Waals surface area contributed by atoms with Crippen molar-refractivity contribution in [3.8, 4) is 0 Å². The van der Waals surface area contributed by atoms with Crippen LogP contribution in [0.4, 0.5) is 5.82 Å². The van der Waals surface area contributed by atoms with Gasteiger partial charge < -0.3 is 14.7 Å². The Labute approximate surface area is 113 Å². The van der Waals surface area contributed by atoms with Gasteiger partial charge in [-0.2, -0.15) is 0 Å². The van der Waals surface area contributed by atoms with Crippen LogP contribution in [-0.2, 0) is 11.3 Å². The normalized spacial score (nSPS) is 24.3. The lowest BCUT2D eigenvalue weighted by molar-refractivity contribution is 0.0296. The van der Waals surface area contributed by atoms with Gasteiger partial charge >= 0.3 is 0 Å². The Bertz CT molecular complexity index is 414. The first kappa shape index (κ1) is 13.6. The summed E-state index contributed by atoms with van der Waals surface area (Å²) in [6.07, 6.45) is 1.20. The van der Waals surface area contributed by atoms with Crippen LogP contribution < -0.4 is 4.90 Å². The lowest BCUT2D eigenvalue weighted by atomic mass is 10.1. The van der Waals surface area contributed by atoms with E-state index in [1.807, 2.05) is 6.07 Å². The van der Waals surface area contributed by atoms with Gasteiger partial charge in [-0.1, -0.05) is 18.5 Å². The highest BCUT2D eigenvalue weighted by molar-refractivity contribution is 6.31. The van der Waals surface area contributed by atoms with Crippen LogP contribution in [0, 0.1) is 0 Å². The van der Waals surface area contributed by atoms with Gasteiger partial charge in [-0.3, -0.25) is 0 Å². The van der Waals surface area contributed by atoms with E-state index in [1.54, 1.807) is 6.07 Å². The van der Waals surface area contributed by atoms with Crippen molar-refractivity contribution in [2.75, 3.05) is 18.1 Å².